The molecule has 0 spiro atoms. The minimum absolute atomic E-state index is 0.119. The molecule has 1 aromatic rings. The van der Waals surface area contributed by atoms with Crippen LogP contribution in [-0.2, 0) is 10.2 Å². The van der Waals surface area contributed by atoms with E-state index in [1.807, 2.05) is 4.90 Å². The number of nitrogens with zero attached hydrogens (tertiary/aromatic N) is 1. The summed E-state index contributed by atoms with van der Waals surface area (Å²) in [7, 11) is 0. The second kappa shape index (κ2) is 7.24. The SMILES string of the molecule is CC(C)(C)NC(C(=O)N1CCNCC1)c1ccc(C(C)(C)C)cc1. The topological polar surface area (TPSA) is 44.4 Å². The highest BCUT2D eigenvalue weighted by atomic mass is 16.2. The molecule has 4 nitrogen and oxygen atoms in total. The second-order valence-electron chi connectivity index (χ2n) is 8.77. The molecule has 1 saturated heterocycles. The molecule has 134 valence electrons. The Labute approximate surface area is 147 Å². The number of carbonyl (C=O) groups excluding carboxylic acids is 1. The Kier molecular flexibility index (Phi) is 5.71. The maximum absolute atomic E-state index is 13.1. The van der Waals surface area contributed by atoms with Crippen LogP contribution in [-0.4, -0.2) is 42.5 Å². The van der Waals surface area contributed by atoms with Gasteiger partial charge in [-0.3, -0.25) is 10.1 Å². The molecule has 1 aliphatic rings. The van der Waals surface area contributed by atoms with Crippen LogP contribution in [0.4, 0.5) is 0 Å². The number of benzene rings is 1. The summed E-state index contributed by atoms with van der Waals surface area (Å²) in [6.07, 6.45) is 0. The summed E-state index contributed by atoms with van der Waals surface area (Å²) >= 11 is 0. The van der Waals surface area contributed by atoms with Gasteiger partial charge in [0.15, 0.2) is 0 Å². The van der Waals surface area contributed by atoms with Crippen LogP contribution in [0.25, 0.3) is 0 Å². The number of amides is 1. The van der Waals surface area contributed by atoms with Crippen LogP contribution in [0.3, 0.4) is 0 Å². The first-order valence-electron chi connectivity index (χ1n) is 8.95. The highest BCUT2D eigenvalue weighted by Crippen LogP contribution is 2.26. The normalized spacial score (nSPS) is 17.7. The van der Waals surface area contributed by atoms with Gasteiger partial charge in [-0.2, -0.15) is 0 Å². The molecule has 1 unspecified atom stereocenters. The summed E-state index contributed by atoms with van der Waals surface area (Å²) in [5.74, 6) is 0.176. The summed E-state index contributed by atoms with van der Waals surface area (Å²) in [4.78, 5) is 15.1. The minimum Gasteiger partial charge on any atom is -0.338 e. The third-order valence-electron chi connectivity index (χ3n) is 4.36. The standard InChI is InChI=1S/C20H33N3O/c1-19(2,3)16-9-7-15(8-10-16)17(22-20(4,5)6)18(24)23-13-11-21-12-14-23/h7-10,17,21-22H,11-14H2,1-6H3. The third kappa shape index (κ3) is 5.05. The number of rotatable bonds is 3. The van der Waals surface area contributed by atoms with Crippen molar-refractivity contribution in [2.45, 2.75) is 58.5 Å². The first-order chi connectivity index (χ1) is 11.1. The van der Waals surface area contributed by atoms with E-state index in [0.717, 1.165) is 31.7 Å². The molecule has 1 atom stereocenters. The highest BCUT2D eigenvalue weighted by molar-refractivity contribution is 5.83. The fourth-order valence-electron chi connectivity index (χ4n) is 2.96. The van der Waals surface area contributed by atoms with Gasteiger partial charge in [0.25, 0.3) is 0 Å². The summed E-state index contributed by atoms with van der Waals surface area (Å²) in [6.45, 7) is 16.2. The first kappa shape index (κ1) is 18.9. The molecule has 0 aliphatic carbocycles. The smallest absolute Gasteiger partial charge is 0.244 e. The Morgan fingerprint density at radius 1 is 1.04 bits per heavy atom. The Morgan fingerprint density at radius 2 is 1.58 bits per heavy atom. The maximum Gasteiger partial charge on any atom is 0.244 e. The van der Waals surface area contributed by atoms with Crippen molar-refractivity contribution in [1.29, 1.82) is 0 Å². The molecule has 1 aromatic carbocycles. The van der Waals surface area contributed by atoms with Gasteiger partial charge in [-0.25, -0.2) is 0 Å². The predicted octanol–water partition coefficient (Wildman–Crippen LogP) is 2.85. The molecule has 24 heavy (non-hydrogen) atoms. The molecule has 0 radical (unpaired) electrons. The zero-order valence-corrected chi connectivity index (χ0v) is 16.1. The third-order valence-corrected chi connectivity index (χ3v) is 4.36. The van der Waals surface area contributed by atoms with Crippen LogP contribution in [0, 0.1) is 0 Å². The van der Waals surface area contributed by atoms with Gasteiger partial charge in [0.1, 0.15) is 6.04 Å². The van der Waals surface area contributed by atoms with Crippen molar-refractivity contribution in [3.8, 4) is 0 Å². The number of nitrogens with one attached hydrogen (secondary N) is 2. The van der Waals surface area contributed by atoms with Crippen molar-refractivity contribution in [3.63, 3.8) is 0 Å². The summed E-state index contributed by atoms with van der Waals surface area (Å²) in [5, 5.41) is 6.82. The van der Waals surface area contributed by atoms with E-state index in [-0.39, 0.29) is 22.9 Å². The van der Waals surface area contributed by atoms with Crippen molar-refractivity contribution in [2.24, 2.45) is 0 Å². The zero-order chi connectivity index (χ0) is 18.0. The summed E-state index contributed by atoms with van der Waals surface area (Å²) < 4.78 is 0. The van der Waals surface area contributed by atoms with E-state index in [2.05, 4.69) is 76.4 Å². The molecular formula is C20H33N3O. The summed E-state index contributed by atoms with van der Waals surface area (Å²) in [6, 6.07) is 8.21. The van der Waals surface area contributed by atoms with E-state index >= 15 is 0 Å². The molecule has 1 aliphatic heterocycles. The van der Waals surface area contributed by atoms with Crippen LogP contribution < -0.4 is 10.6 Å². The Hall–Kier alpha value is -1.39. The number of hydrogen-bond donors (Lipinski definition) is 2. The molecule has 1 fully saturated rings. The quantitative estimate of drug-likeness (QED) is 0.895. The lowest BCUT2D eigenvalue weighted by atomic mass is 9.86. The predicted molar refractivity (Wildman–Crippen MR) is 100 cm³/mol. The van der Waals surface area contributed by atoms with E-state index in [0.29, 0.717) is 0 Å². The molecule has 1 amide bonds. The van der Waals surface area contributed by atoms with Gasteiger partial charge in [0.05, 0.1) is 0 Å². The van der Waals surface area contributed by atoms with Gasteiger partial charge in [-0.15, -0.1) is 0 Å². The average molecular weight is 332 g/mol. The highest BCUT2D eigenvalue weighted by Gasteiger charge is 2.30. The number of hydrogen-bond acceptors (Lipinski definition) is 3. The lowest BCUT2D eigenvalue weighted by Crippen LogP contribution is -2.52. The van der Waals surface area contributed by atoms with E-state index in [1.54, 1.807) is 0 Å². The Bertz CT molecular complexity index is 546. The molecule has 2 rings (SSSR count). The van der Waals surface area contributed by atoms with Gasteiger partial charge in [-0.1, -0.05) is 45.0 Å². The van der Waals surface area contributed by atoms with Crippen LogP contribution in [0.2, 0.25) is 0 Å². The van der Waals surface area contributed by atoms with E-state index < -0.39 is 0 Å². The fraction of sp³-hybridized carbons (Fsp3) is 0.650. The van der Waals surface area contributed by atoms with Crippen molar-refractivity contribution in [1.82, 2.24) is 15.5 Å². The Balaban J connectivity index is 2.26. The van der Waals surface area contributed by atoms with Crippen molar-refractivity contribution >= 4 is 5.91 Å². The maximum atomic E-state index is 13.1. The van der Waals surface area contributed by atoms with E-state index in [4.69, 9.17) is 0 Å². The lowest BCUT2D eigenvalue weighted by molar-refractivity contribution is -0.134. The van der Waals surface area contributed by atoms with Crippen molar-refractivity contribution in [2.75, 3.05) is 26.2 Å². The molecule has 1 heterocycles. The molecule has 0 saturated carbocycles. The lowest BCUT2D eigenvalue weighted by Gasteiger charge is -2.35. The van der Waals surface area contributed by atoms with Gasteiger partial charge >= 0.3 is 0 Å². The minimum atomic E-state index is -0.294. The first-order valence-corrected chi connectivity index (χ1v) is 8.95. The molecule has 0 aromatic heterocycles. The van der Waals surface area contributed by atoms with Crippen molar-refractivity contribution in [3.05, 3.63) is 35.4 Å². The van der Waals surface area contributed by atoms with Gasteiger partial charge in [-0.05, 0) is 37.3 Å². The number of carbonyl (C=O) groups is 1. The molecule has 0 bridgehead atoms. The largest absolute Gasteiger partial charge is 0.338 e. The monoisotopic (exact) mass is 331 g/mol. The van der Waals surface area contributed by atoms with Crippen LogP contribution in [0.15, 0.2) is 24.3 Å². The second-order valence-corrected chi connectivity index (χ2v) is 8.77. The fourth-order valence-corrected chi connectivity index (χ4v) is 2.96. The van der Waals surface area contributed by atoms with Gasteiger partial charge in [0.2, 0.25) is 5.91 Å². The van der Waals surface area contributed by atoms with Crippen LogP contribution in [0.5, 0.6) is 0 Å². The molecular weight excluding hydrogens is 298 g/mol. The van der Waals surface area contributed by atoms with E-state index in [1.165, 1.54) is 5.56 Å². The van der Waals surface area contributed by atoms with E-state index in [9.17, 15) is 4.79 Å². The van der Waals surface area contributed by atoms with Gasteiger partial charge in [0, 0.05) is 31.7 Å². The molecule has 4 heteroatoms. The Morgan fingerprint density at radius 3 is 2.04 bits per heavy atom. The van der Waals surface area contributed by atoms with Crippen LogP contribution in [0.1, 0.15) is 58.7 Å². The van der Waals surface area contributed by atoms with Crippen LogP contribution >= 0.6 is 0 Å². The number of piperazine rings is 1. The summed E-state index contributed by atoms with van der Waals surface area (Å²) in [5.41, 5.74) is 2.32. The average Bonchev–Trinajstić information content (AvgIpc) is 2.51. The van der Waals surface area contributed by atoms with Gasteiger partial charge < -0.3 is 10.2 Å². The zero-order valence-electron chi connectivity index (χ0n) is 16.1. The van der Waals surface area contributed by atoms with Crippen molar-refractivity contribution < 1.29 is 4.79 Å². The molecule has 2 N–H and O–H groups in total.